The molecule has 0 bridgehead atoms. The van der Waals surface area contributed by atoms with Gasteiger partial charge in [0.15, 0.2) is 0 Å². The van der Waals surface area contributed by atoms with E-state index in [-0.39, 0.29) is 17.7 Å². The summed E-state index contributed by atoms with van der Waals surface area (Å²) in [5.74, 6) is -0.246. The maximum atomic E-state index is 10.9. The lowest BCUT2D eigenvalue weighted by Gasteiger charge is -2.02. The van der Waals surface area contributed by atoms with Crippen LogP contribution in [-0.2, 0) is 9.59 Å². The normalized spacial score (nSPS) is 24.1. The molecule has 2 amide bonds. The summed E-state index contributed by atoms with van der Waals surface area (Å²) >= 11 is 0. The number of amides is 2. The van der Waals surface area contributed by atoms with Crippen molar-refractivity contribution in [1.82, 2.24) is 10.6 Å². The molecule has 0 aliphatic carbocycles. The van der Waals surface area contributed by atoms with Crippen LogP contribution in [0.1, 0.15) is 6.42 Å². The van der Waals surface area contributed by atoms with Gasteiger partial charge in [-0.25, -0.2) is 0 Å². The van der Waals surface area contributed by atoms with E-state index >= 15 is 0 Å². The van der Waals surface area contributed by atoms with Gasteiger partial charge < -0.3 is 10.6 Å². The molecular formula is C6H10N2O2. The molecule has 56 valence electrons. The van der Waals surface area contributed by atoms with Gasteiger partial charge in [-0.3, -0.25) is 9.59 Å². The van der Waals surface area contributed by atoms with E-state index in [4.69, 9.17) is 0 Å². The van der Waals surface area contributed by atoms with E-state index in [0.29, 0.717) is 13.0 Å². The second-order valence-corrected chi connectivity index (χ2v) is 2.32. The first kappa shape index (κ1) is 7.05. The minimum atomic E-state index is -0.155. The predicted molar refractivity (Wildman–Crippen MR) is 35.2 cm³/mol. The summed E-state index contributed by atoms with van der Waals surface area (Å²) < 4.78 is 0. The molecule has 1 fully saturated rings. The van der Waals surface area contributed by atoms with Gasteiger partial charge in [0, 0.05) is 20.0 Å². The van der Waals surface area contributed by atoms with Crippen molar-refractivity contribution in [2.24, 2.45) is 5.92 Å². The second-order valence-electron chi connectivity index (χ2n) is 2.32. The van der Waals surface area contributed by atoms with Crippen LogP contribution < -0.4 is 10.6 Å². The molecule has 0 unspecified atom stereocenters. The lowest BCUT2D eigenvalue weighted by Crippen LogP contribution is -2.28. The van der Waals surface area contributed by atoms with Crippen molar-refractivity contribution in [3.63, 3.8) is 0 Å². The molecule has 1 heterocycles. The van der Waals surface area contributed by atoms with Crippen molar-refractivity contribution in [2.45, 2.75) is 6.42 Å². The molecule has 0 aromatic heterocycles. The summed E-state index contributed by atoms with van der Waals surface area (Å²) in [5.41, 5.74) is 0. The quantitative estimate of drug-likeness (QED) is 0.486. The van der Waals surface area contributed by atoms with Crippen LogP contribution in [0.3, 0.4) is 0 Å². The Balaban J connectivity index is 2.44. The molecule has 1 atom stereocenters. The number of hydrogen-bond donors (Lipinski definition) is 2. The lowest BCUT2D eigenvalue weighted by molar-refractivity contribution is -0.126. The molecule has 0 radical (unpaired) electrons. The molecule has 0 saturated carbocycles. The van der Waals surface area contributed by atoms with Gasteiger partial charge in [0.2, 0.25) is 11.8 Å². The molecule has 1 saturated heterocycles. The minimum Gasteiger partial charge on any atom is -0.359 e. The average Bonchev–Trinajstić information content (AvgIpc) is 2.34. The molecule has 4 nitrogen and oxygen atoms in total. The highest BCUT2D eigenvalue weighted by Crippen LogP contribution is 2.07. The first-order valence-corrected chi connectivity index (χ1v) is 3.22. The van der Waals surface area contributed by atoms with Gasteiger partial charge in [-0.15, -0.1) is 0 Å². The Labute approximate surface area is 59.0 Å². The molecule has 1 rings (SSSR count). The fourth-order valence-corrected chi connectivity index (χ4v) is 0.995. The van der Waals surface area contributed by atoms with Gasteiger partial charge in [0.1, 0.15) is 0 Å². The van der Waals surface area contributed by atoms with Crippen molar-refractivity contribution in [1.29, 1.82) is 0 Å². The first-order valence-electron chi connectivity index (χ1n) is 3.22. The van der Waals surface area contributed by atoms with Crippen molar-refractivity contribution in [3.8, 4) is 0 Å². The van der Waals surface area contributed by atoms with Gasteiger partial charge in [-0.05, 0) is 0 Å². The zero-order valence-corrected chi connectivity index (χ0v) is 5.81. The Morgan fingerprint density at radius 2 is 2.50 bits per heavy atom. The van der Waals surface area contributed by atoms with Crippen LogP contribution in [0.2, 0.25) is 0 Å². The number of nitrogens with one attached hydrogen (secondary N) is 2. The van der Waals surface area contributed by atoms with Gasteiger partial charge >= 0.3 is 0 Å². The highest BCUT2D eigenvalue weighted by Gasteiger charge is 2.26. The Hall–Kier alpha value is -1.06. The van der Waals surface area contributed by atoms with Gasteiger partial charge in [0.05, 0.1) is 5.92 Å². The molecule has 1 aliphatic rings. The van der Waals surface area contributed by atoms with Crippen LogP contribution in [-0.4, -0.2) is 25.4 Å². The topological polar surface area (TPSA) is 58.2 Å². The van der Waals surface area contributed by atoms with Crippen LogP contribution in [0.5, 0.6) is 0 Å². The van der Waals surface area contributed by atoms with Gasteiger partial charge in [-0.2, -0.15) is 0 Å². The van der Waals surface area contributed by atoms with Crippen LogP contribution in [0.15, 0.2) is 0 Å². The van der Waals surface area contributed by atoms with Crippen molar-refractivity contribution < 1.29 is 9.59 Å². The van der Waals surface area contributed by atoms with Gasteiger partial charge in [-0.1, -0.05) is 0 Å². The predicted octanol–water partition coefficient (Wildman–Crippen LogP) is -1.13. The second kappa shape index (κ2) is 2.68. The average molecular weight is 142 g/mol. The number of rotatable bonds is 1. The van der Waals surface area contributed by atoms with E-state index in [0.717, 1.165) is 0 Å². The Morgan fingerprint density at radius 1 is 1.80 bits per heavy atom. The van der Waals surface area contributed by atoms with Crippen LogP contribution >= 0.6 is 0 Å². The molecule has 0 aromatic rings. The van der Waals surface area contributed by atoms with Crippen molar-refractivity contribution in [3.05, 3.63) is 0 Å². The van der Waals surface area contributed by atoms with Crippen LogP contribution in [0.25, 0.3) is 0 Å². The fraction of sp³-hybridized carbons (Fsp3) is 0.667. The number of carbonyl (C=O) groups excluding carboxylic acids is 2. The largest absolute Gasteiger partial charge is 0.359 e. The number of hydrogen-bond acceptors (Lipinski definition) is 2. The third kappa shape index (κ3) is 1.26. The fourth-order valence-electron chi connectivity index (χ4n) is 0.995. The van der Waals surface area contributed by atoms with Crippen LogP contribution in [0, 0.1) is 5.92 Å². The smallest absolute Gasteiger partial charge is 0.225 e. The minimum absolute atomic E-state index is 0.0337. The monoisotopic (exact) mass is 142 g/mol. The van der Waals surface area contributed by atoms with E-state index in [1.54, 1.807) is 7.05 Å². The number of carbonyl (C=O) groups is 2. The SMILES string of the molecule is CNC(=O)[C@@H]1CNC(=O)C1. The molecular weight excluding hydrogens is 132 g/mol. The summed E-state index contributed by atoms with van der Waals surface area (Å²) in [6, 6.07) is 0. The third-order valence-electron chi connectivity index (χ3n) is 1.59. The highest BCUT2D eigenvalue weighted by atomic mass is 16.2. The lowest BCUT2D eigenvalue weighted by atomic mass is 10.1. The molecule has 0 spiro atoms. The Morgan fingerprint density at radius 3 is 2.90 bits per heavy atom. The summed E-state index contributed by atoms with van der Waals surface area (Å²) in [6.45, 7) is 0.485. The maximum Gasteiger partial charge on any atom is 0.225 e. The van der Waals surface area contributed by atoms with Crippen molar-refractivity contribution in [2.75, 3.05) is 13.6 Å². The van der Waals surface area contributed by atoms with E-state index in [2.05, 4.69) is 10.6 Å². The molecule has 10 heavy (non-hydrogen) atoms. The van der Waals surface area contributed by atoms with Crippen molar-refractivity contribution >= 4 is 11.8 Å². The summed E-state index contributed by atoms with van der Waals surface area (Å²) in [5, 5.41) is 5.08. The highest BCUT2D eigenvalue weighted by molar-refractivity contribution is 5.88. The standard InChI is InChI=1S/C6H10N2O2/c1-7-6(10)4-2-5(9)8-3-4/h4H,2-3H2,1H3,(H,7,10)(H,8,9)/t4-/m0/s1. The summed E-state index contributed by atoms with van der Waals surface area (Å²) in [6.07, 6.45) is 0.333. The zero-order valence-electron chi connectivity index (χ0n) is 5.81. The maximum absolute atomic E-state index is 10.9. The van der Waals surface area contributed by atoms with Gasteiger partial charge in [0.25, 0.3) is 0 Å². The molecule has 2 N–H and O–H groups in total. The molecule has 4 heteroatoms. The molecule has 0 aromatic carbocycles. The van der Waals surface area contributed by atoms with E-state index < -0.39 is 0 Å². The van der Waals surface area contributed by atoms with E-state index in [9.17, 15) is 9.59 Å². The summed E-state index contributed by atoms with van der Waals surface area (Å²) in [7, 11) is 1.57. The summed E-state index contributed by atoms with van der Waals surface area (Å²) in [4.78, 5) is 21.4. The Bertz CT molecular complexity index is 167. The third-order valence-corrected chi connectivity index (χ3v) is 1.59. The Kier molecular flexibility index (Phi) is 1.89. The first-order chi connectivity index (χ1) is 4.74. The zero-order chi connectivity index (χ0) is 7.56. The van der Waals surface area contributed by atoms with E-state index in [1.165, 1.54) is 0 Å². The van der Waals surface area contributed by atoms with Crippen LogP contribution in [0.4, 0.5) is 0 Å². The van der Waals surface area contributed by atoms with E-state index in [1.807, 2.05) is 0 Å². The molecule has 1 aliphatic heterocycles.